The van der Waals surface area contributed by atoms with E-state index in [0.29, 0.717) is 5.69 Å². The number of hydrogen-bond acceptors (Lipinski definition) is 4. The molecule has 0 bridgehead atoms. The average Bonchev–Trinajstić information content (AvgIpc) is 2.58. The molecule has 28 heavy (non-hydrogen) atoms. The molecule has 2 atom stereocenters. The average molecular weight is 456 g/mol. The first kappa shape index (κ1) is 23.9. The molecule has 1 aromatic carbocycles. The quantitative estimate of drug-likeness (QED) is 0.547. The number of nitrogens with one attached hydrogen (secondary N) is 3. The van der Waals surface area contributed by atoms with E-state index >= 15 is 0 Å². The number of amides is 3. The van der Waals surface area contributed by atoms with E-state index in [4.69, 9.17) is 4.74 Å². The van der Waals surface area contributed by atoms with Crippen LogP contribution in [0.3, 0.4) is 0 Å². The van der Waals surface area contributed by atoms with Crippen molar-refractivity contribution in [2.24, 2.45) is 5.92 Å². The Morgan fingerprint density at radius 3 is 2.04 bits per heavy atom. The summed E-state index contributed by atoms with van der Waals surface area (Å²) in [5.74, 6) is -0.975. The summed E-state index contributed by atoms with van der Waals surface area (Å²) in [5, 5.41) is 8.70. The lowest BCUT2D eigenvalue weighted by Crippen LogP contribution is -2.54. The molecule has 0 aliphatic rings. The molecule has 1 aromatic rings. The van der Waals surface area contributed by atoms with Crippen molar-refractivity contribution < 1.29 is 19.1 Å². The number of alkyl carbamates (subject to hydrolysis) is 1. The van der Waals surface area contributed by atoms with Gasteiger partial charge in [-0.25, -0.2) is 4.79 Å². The second kappa shape index (κ2) is 10.5. The third kappa shape index (κ3) is 8.29. The number of rotatable bonds is 7. The van der Waals surface area contributed by atoms with Crippen LogP contribution in [0, 0.1) is 5.92 Å². The van der Waals surface area contributed by atoms with E-state index in [1.807, 2.05) is 12.1 Å². The van der Waals surface area contributed by atoms with Crippen molar-refractivity contribution in [2.45, 2.75) is 64.6 Å². The molecule has 7 nitrogen and oxygen atoms in total. The third-order valence-electron chi connectivity index (χ3n) is 3.75. The highest BCUT2D eigenvalue weighted by molar-refractivity contribution is 9.08. The molecule has 0 heterocycles. The monoisotopic (exact) mass is 455 g/mol. The molecule has 0 aliphatic heterocycles. The second-order valence-electron chi connectivity index (χ2n) is 7.92. The van der Waals surface area contributed by atoms with Crippen LogP contribution in [-0.4, -0.2) is 35.6 Å². The number of halogens is 1. The Bertz CT molecular complexity index is 684. The first-order valence-corrected chi connectivity index (χ1v) is 10.3. The van der Waals surface area contributed by atoms with Crippen LogP contribution in [0.2, 0.25) is 0 Å². The number of anilines is 1. The molecule has 0 spiro atoms. The highest BCUT2D eigenvalue weighted by Gasteiger charge is 2.28. The lowest BCUT2D eigenvalue weighted by atomic mass is 10.0. The van der Waals surface area contributed by atoms with E-state index in [1.165, 1.54) is 0 Å². The zero-order valence-corrected chi connectivity index (χ0v) is 18.8. The number of carbonyl (C=O) groups is 3. The van der Waals surface area contributed by atoms with Gasteiger partial charge in [0.05, 0.1) is 0 Å². The summed E-state index contributed by atoms with van der Waals surface area (Å²) in [7, 11) is 0. The van der Waals surface area contributed by atoms with Crippen molar-refractivity contribution in [3.8, 4) is 0 Å². The lowest BCUT2D eigenvalue weighted by Gasteiger charge is -2.26. The van der Waals surface area contributed by atoms with Gasteiger partial charge < -0.3 is 20.7 Å². The van der Waals surface area contributed by atoms with E-state index in [9.17, 15) is 14.4 Å². The van der Waals surface area contributed by atoms with Crippen LogP contribution in [-0.2, 0) is 19.7 Å². The van der Waals surface area contributed by atoms with Crippen molar-refractivity contribution in [1.82, 2.24) is 10.6 Å². The first-order chi connectivity index (χ1) is 12.9. The highest BCUT2D eigenvalue weighted by atomic mass is 79.9. The van der Waals surface area contributed by atoms with Crippen LogP contribution >= 0.6 is 15.9 Å². The van der Waals surface area contributed by atoms with Crippen molar-refractivity contribution in [2.75, 3.05) is 5.32 Å². The van der Waals surface area contributed by atoms with Crippen molar-refractivity contribution in [3.63, 3.8) is 0 Å². The number of carbonyl (C=O) groups excluding carboxylic acids is 3. The van der Waals surface area contributed by atoms with Gasteiger partial charge in [-0.3, -0.25) is 9.59 Å². The maximum atomic E-state index is 12.6. The number of hydrogen-bond donors (Lipinski definition) is 3. The minimum atomic E-state index is -0.816. The Balaban J connectivity index is 2.67. The molecule has 0 saturated carbocycles. The molecule has 1 rings (SSSR count). The van der Waals surface area contributed by atoms with Crippen molar-refractivity contribution in [3.05, 3.63) is 29.8 Å². The van der Waals surface area contributed by atoms with Gasteiger partial charge in [-0.1, -0.05) is 41.9 Å². The zero-order chi connectivity index (χ0) is 21.5. The molecule has 0 radical (unpaired) electrons. The molecule has 0 aliphatic carbocycles. The number of ether oxygens (including phenoxy) is 1. The normalized spacial score (nSPS) is 13.4. The smallest absolute Gasteiger partial charge is 0.408 e. The lowest BCUT2D eigenvalue weighted by molar-refractivity contribution is -0.128. The second-order valence-corrected chi connectivity index (χ2v) is 8.48. The van der Waals surface area contributed by atoms with E-state index in [-0.39, 0.29) is 11.8 Å². The molecule has 0 saturated heterocycles. The minimum Gasteiger partial charge on any atom is -0.444 e. The molecule has 8 heteroatoms. The maximum Gasteiger partial charge on any atom is 0.408 e. The largest absolute Gasteiger partial charge is 0.444 e. The fourth-order valence-electron chi connectivity index (χ4n) is 2.27. The van der Waals surface area contributed by atoms with E-state index < -0.39 is 29.7 Å². The predicted octanol–water partition coefficient (Wildman–Crippen LogP) is 3.57. The highest BCUT2D eigenvalue weighted by Crippen LogP contribution is 2.12. The third-order valence-corrected chi connectivity index (χ3v) is 4.40. The van der Waals surface area contributed by atoms with E-state index in [2.05, 4.69) is 31.9 Å². The summed E-state index contributed by atoms with van der Waals surface area (Å²) in [6, 6.07) is 5.79. The van der Waals surface area contributed by atoms with Crippen molar-refractivity contribution in [1.29, 1.82) is 0 Å². The van der Waals surface area contributed by atoms with Crippen LogP contribution in [0.15, 0.2) is 24.3 Å². The Kier molecular flexibility index (Phi) is 8.94. The molecule has 3 N–H and O–H groups in total. The SMILES string of the molecule is CC(C)[C@H](NC(=O)OC(C)(C)C)C(=O)N[C@@H](C)C(=O)Nc1ccc(CBr)cc1. The van der Waals surface area contributed by atoms with Crippen LogP contribution in [0.25, 0.3) is 0 Å². The number of alkyl halides is 1. The van der Waals surface area contributed by atoms with Crippen LogP contribution < -0.4 is 16.0 Å². The summed E-state index contributed by atoms with van der Waals surface area (Å²) in [4.78, 5) is 36.9. The van der Waals surface area contributed by atoms with E-state index in [1.54, 1.807) is 53.7 Å². The molecule has 0 fully saturated rings. The maximum absolute atomic E-state index is 12.6. The topological polar surface area (TPSA) is 96.5 Å². The van der Waals surface area contributed by atoms with Gasteiger partial charge in [0.25, 0.3) is 0 Å². The summed E-state index contributed by atoms with van der Waals surface area (Å²) in [6.07, 6.45) is -0.676. The van der Waals surface area contributed by atoms with Gasteiger partial charge in [-0.2, -0.15) is 0 Å². The van der Waals surface area contributed by atoms with Gasteiger partial charge in [0.1, 0.15) is 17.7 Å². The Hall–Kier alpha value is -2.09. The molecular formula is C20H30BrN3O4. The fourth-order valence-corrected chi connectivity index (χ4v) is 2.64. The van der Waals surface area contributed by atoms with Gasteiger partial charge in [-0.05, 0) is 51.3 Å². The van der Waals surface area contributed by atoms with Crippen LogP contribution in [0.4, 0.5) is 10.5 Å². The zero-order valence-electron chi connectivity index (χ0n) is 17.3. The summed E-state index contributed by atoms with van der Waals surface area (Å²) >= 11 is 3.37. The van der Waals surface area contributed by atoms with Gasteiger partial charge in [0, 0.05) is 11.0 Å². The molecular weight excluding hydrogens is 426 g/mol. The van der Waals surface area contributed by atoms with Crippen LogP contribution in [0.5, 0.6) is 0 Å². The van der Waals surface area contributed by atoms with Crippen molar-refractivity contribution >= 4 is 39.5 Å². The molecule has 3 amide bonds. The van der Waals surface area contributed by atoms with Crippen LogP contribution in [0.1, 0.15) is 47.1 Å². The van der Waals surface area contributed by atoms with E-state index in [0.717, 1.165) is 10.9 Å². The summed E-state index contributed by atoms with van der Waals surface area (Å²) < 4.78 is 5.21. The Morgan fingerprint density at radius 1 is 1.00 bits per heavy atom. The standard InChI is InChI=1S/C20H30BrN3O4/c1-12(2)16(24-19(27)28-20(4,5)6)18(26)22-13(3)17(25)23-15-9-7-14(11-21)8-10-15/h7-10,12-13,16H,11H2,1-6H3,(H,22,26)(H,23,25)(H,24,27)/t13-,16-/m0/s1. The summed E-state index contributed by atoms with van der Waals surface area (Å²) in [6.45, 7) is 10.4. The first-order valence-electron chi connectivity index (χ1n) is 9.18. The molecule has 0 aromatic heterocycles. The molecule has 0 unspecified atom stereocenters. The Morgan fingerprint density at radius 2 is 1.57 bits per heavy atom. The van der Waals surface area contributed by atoms with Gasteiger partial charge in [0.15, 0.2) is 0 Å². The fraction of sp³-hybridized carbons (Fsp3) is 0.550. The Labute approximate surface area is 175 Å². The van der Waals surface area contributed by atoms with Gasteiger partial charge in [0.2, 0.25) is 11.8 Å². The number of benzene rings is 1. The minimum absolute atomic E-state index is 0.181. The van der Waals surface area contributed by atoms with Gasteiger partial charge in [-0.15, -0.1) is 0 Å². The summed E-state index contributed by atoms with van der Waals surface area (Å²) in [5.41, 5.74) is 1.06. The molecule has 156 valence electrons. The predicted molar refractivity (Wildman–Crippen MR) is 113 cm³/mol. The van der Waals surface area contributed by atoms with Gasteiger partial charge >= 0.3 is 6.09 Å².